The first kappa shape index (κ1) is 17.4. The third kappa shape index (κ3) is 3.50. The topological polar surface area (TPSA) is 59.1 Å². The second-order valence-corrected chi connectivity index (χ2v) is 8.59. The van der Waals surface area contributed by atoms with Gasteiger partial charge in [-0.25, -0.2) is 13.4 Å². The summed E-state index contributed by atoms with van der Waals surface area (Å²) in [6, 6.07) is -0.740. The van der Waals surface area contributed by atoms with Crippen LogP contribution in [0.4, 0.5) is 13.2 Å². The SMILES string of the molecule is CCNC(c1cnc(C(F)(F)F)s1)C(C)(C)S(C)(=O)=O. The van der Waals surface area contributed by atoms with Crippen molar-refractivity contribution in [3.05, 3.63) is 16.1 Å². The Labute approximate surface area is 120 Å². The molecule has 116 valence electrons. The van der Waals surface area contributed by atoms with Gasteiger partial charge in [0.25, 0.3) is 0 Å². The van der Waals surface area contributed by atoms with Crippen LogP contribution in [0.1, 0.15) is 36.7 Å². The molecule has 0 radical (unpaired) electrons. The van der Waals surface area contributed by atoms with E-state index in [1.54, 1.807) is 6.92 Å². The van der Waals surface area contributed by atoms with Gasteiger partial charge in [-0.3, -0.25) is 0 Å². The standard InChI is InChI=1S/C11H17F3N2O2S2/c1-5-15-8(10(2,3)20(4,17)18)7-6-16-9(19-7)11(12,13)14/h6,8,15H,5H2,1-4H3. The molecule has 0 aliphatic carbocycles. The van der Waals surface area contributed by atoms with Crippen LogP contribution in [0.25, 0.3) is 0 Å². The average molecular weight is 330 g/mol. The molecule has 0 aliphatic heterocycles. The molecule has 9 heteroatoms. The normalized spacial score (nSPS) is 15.3. The first-order valence-corrected chi connectivity index (χ1v) is 8.58. The first-order valence-electron chi connectivity index (χ1n) is 5.87. The first-order chi connectivity index (χ1) is 8.91. The summed E-state index contributed by atoms with van der Waals surface area (Å²) in [5, 5.41) is 1.96. The quantitative estimate of drug-likeness (QED) is 0.902. The van der Waals surface area contributed by atoms with Gasteiger partial charge in [0.15, 0.2) is 14.8 Å². The third-order valence-electron chi connectivity index (χ3n) is 3.11. The van der Waals surface area contributed by atoms with Crippen molar-refractivity contribution in [1.82, 2.24) is 10.3 Å². The van der Waals surface area contributed by atoms with Crippen LogP contribution in [0.5, 0.6) is 0 Å². The molecule has 0 amide bonds. The molecule has 0 saturated carbocycles. The van der Waals surface area contributed by atoms with Crippen molar-refractivity contribution in [3.8, 4) is 0 Å². The fourth-order valence-corrected chi connectivity index (χ4v) is 3.42. The highest BCUT2D eigenvalue weighted by molar-refractivity contribution is 7.92. The Morgan fingerprint density at radius 1 is 1.40 bits per heavy atom. The summed E-state index contributed by atoms with van der Waals surface area (Å²) >= 11 is 0.468. The highest BCUT2D eigenvalue weighted by Gasteiger charge is 2.42. The molecule has 0 fully saturated rings. The maximum Gasteiger partial charge on any atom is 0.443 e. The van der Waals surface area contributed by atoms with Crippen LogP contribution in [0.3, 0.4) is 0 Å². The summed E-state index contributed by atoms with van der Waals surface area (Å²) in [7, 11) is -3.46. The second kappa shape index (κ2) is 5.61. The summed E-state index contributed by atoms with van der Waals surface area (Å²) in [4.78, 5) is 3.60. The predicted octanol–water partition coefficient (Wildman–Crippen LogP) is 2.64. The van der Waals surface area contributed by atoms with Gasteiger partial charge >= 0.3 is 6.18 Å². The molecular weight excluding hydrogens is 313 g/mol. The number of nitrogens with zero attached hydrogens (tertiary/aromatic N) is 1. The Balaban J connectivity index is 3.25. The number of rotatable bonds is 5. The lowest BCUT2D eigenvalue weighted by atomic mass is 10.0. The van der Waals surface area contributed by atoms with Gasteiger partial charge < -0.3 is 5.32 Å². The van der Waals surface area contributed by atoms with E-state index in [4.69, 9.17) is 0 Å². The number of sulfone groups is 1. The molecule has 0 aliphatic rings. The molecule has 0 aromatic carbocycles. The van der Waals surface area contributed by atoms with Gasteiger partial charge in [0.2, 0.25) is 0 Å². The van der Waals surface area contributed by atoms with Crippen LogP contribution >= 0.6 is 11.3 Å². The number of thiazole rings is 1. The Hall–Kier alpha value is -0.670. The molecule has 1 aromatic heterocycles. The van der Waals surface area contributed by atoms with Crippen LogP contribution in [0.2, 0.25) is 0 Å². The monoisotopic (exact) mass is 330 g/mol. The van der Waals surface area contributed by atoms with E-state index in [-0.39, 0.29) is 4.88 Å². The van der Waals surface area contributed by atoms with E-state index in [1.165, 1.54) is 13.8 Å². The van der Waals surface area contributed by atoms with Gasteiger partial charge in [-0.1, -0.05) is 6.92 Å². The lowest BCUT2D eigenvalue weighted by molar-refractivity contribution is -0.137. The molecule has 1 rings (SSSR count). The maximum absolute atomic E-state index is 12.6. The zero-order valence-corrected chi connectivity index (χ0v) is 13.2. The van der Waals surface area contributed by atoms with Crippen LogP contribution in [-0.2, 0) is 16.0 Å². The Morgan fingerprint density at radius 3 is 2.30 bits per heavy atom. The van der Waals surface area contributed by atoms with Crippen molar-refractivity contribution in [2.24, 2.45) is 0 Å². The van der Waals surface area contributed by atoms with Crippen molar-refractivity contribution in [2.45, 2.75) is 37.7 Å². The highest BCUT2D eigenvalue weighted by Crippen LogP contribution is 2.39. The number of alkyl halides is 3. The molecule has 0 spiro atoms. The number of hydrogen-bond acceptors (Lipinski definition) is 5. The van der Waals surface area contributed by atoms with Crippen molar-refractivity contribution < 1.29 is 21.6 Å². The zero-order valence-electron chi connectivity index (χ0n) is 11.6. The molecule has 0 bridgehead atoms. The van der Waals surface area contributed by atoms with Gasteiger partial charge in [0.05, 0.1) is 10.8 Å². The number of aromatic nitrogens is 1. The zero-order chi connectivity index (χ0) is 15.8. The van der Waals surface area contributed by atoms with E-state index >= 15 is 0 Å². The maximum atomic E-state index is 12.6. The van der Waals surface area contributed by atoms with Crippen LogP contribution < -0.4 is 5.32 Å². The highest BCUT2D eigenvalue weighted by atomic mass is 32.2. The Kier molecular flexibility index (Phi) is 4.87. The number of hydrogen-bond donors (Lipinski definition) is 1. The van der Waals surface area contributed by atoms with Gasteiger partial charge in [-0.05, 0) is 20.4 Å². The number of halogens is 3. The van der Waals surface area contributed by atoms with Crippen molar-refractivity contribution in [3.63, 3.8) is 0 Å². The van der Waals surface area contributed by atoms with E-state index in [2.05, 4.69) is 10.3 Å². The average Bonchev–Trinajstić information content (AvgIpc) is 2.72. The summed E-state index contributed by atoms with van der Waals surface area (Å²) in [5.41, 5.74) is 0. The molecule has 0 saturated heterocycles. The molecule has 1 unspecified atom stereocenters. The molecule has 20 heavy (non-hydrogen) atoms. The Bertz CT molecular complexity index is 564. The minimum atomic E-state index is -4.52. The molecule has 1 aromatic rings. The van der Waals surface area contributed by atoms with E-state index < -0.39 is 31.8 Å². The molecule has 1 heterocycles. The van der Waals surface area contributed by atoms with Crippen molar-refractivity contribution >= 4 is 21.2 Å². The fourth-order valence-electron chi connectivity index (χ4n) is 1.66. The van der Waals surface area contributed by atoms with Gasteiger partial charge in [0, 0.05) is 17.3 Å². The summed E-state index contributed by atoms with van der Waals surface area (Å²) in [5.74, 6) is 0. The summed E-state index contributed by atoms with van der Waals surface area (Å²) < 4.78 is 60.3. The predicted molar refractivity (Wildman–Crippen MR) is 72.5 cm³/mol. The summed E-state index contributed by atoms with van der Waals surface area (Å²) in [6.45, 7) is 5.17. The van der Waals surface area contributed by atoms with Gasteiger partial charge in [-0.15, -0.1) is 11.3 Å². The number of nitrogens with one attached hydrogen (secondary N) is 1. The minimum absolute atomic E-state index is 0.259. The van der Waals surface area contributed by atoms with Crippen LogP contribution in [-0.4, -0.2) is 30.9 Å². The minimum Gasteiger partial charge on any atom is -0.308 e. The van der Waals surface area contributed by atoms with E-state index in [0.29, 0.717) is 17.9 Å². The van der Waals surface area contributed by atoms with Gasteiger partial charge in [0.1, 0.15) is 0 Å². The lowest BCUT2D eigenvalue weighted by Crippen LogP contribution is -2.44. The Morgan fingerprint density at radius 2 is 1.95 bits per heavy atom. The molecule has 1 atom stereocenters. The van der Waals surface area contributed by atoms with Crippen molar-refractivity contribution in [1.29, 1.82) is 0 Å². The largest absolute Gasteiger partial charge is 0.443 e. The molecular formula is C11H17F3N2O2S2. The van der Waals surface area contributed by atoms with E-state index in [9.17, 15) is 21.6 Å². The van der Waals surface area contributed by atoms with Crippen LogP contribution in [0, 0.1) is 0 Å². The fraction of sp³-hybridized carbons (Fsp3) is 0.727. The van der Waals surface area contributed by atoms with E-state index in [0.717, 1.165) is 12.5 Å². The smallest absolute Gasteiger partial charge is 0.308 e. The molecule has 4 nitrogen and oxygen atoms in total. The second-order valence-electron chi connectivity index (χ2n) is 4.93. The third-order valence-corrected chi connectivity index (χ3v) is 6.36. The lowest BCUT2D eigenvalue weighted by Gasteiger charge is -2.32. The van der Waals surface area contributed by atoms with E-state index in [1.807, 2.05) is 0 Å². The molecule has 1 N–H and O–H groups in total. The summed E-state index contributed by atoms with van der Waals surface area (Å²) in [6.07, 6.45) is -2.36. The van der Waals surface area contributed by atoms with Gasteiger partial charge in [-0.2, -0.15) is 13.2 Å². The van der Waals surface area contributed by atoms with Crippen LogP contribution in [0.15, 0.2) is 6.20 Å². The van der Waals surface area contributed by atoms with Crippen molar-refractivity contribution in [2.75, 3.05) is 12.8 Å².